The summed E-state index contributed by atoms with van der Waals surface area (Å²) < 4.78 is 7.73. The molecule has 1 aliphatic rings. The van der Waals surface area contributed by atoms with Gasteiger partial charge in [0.2, 0.25) is 0 Å². The van der Waals surface area contributed by atoms with Crippen LogP contribution in [0.4, 0.5) is 0 Å². The Morgan fingerprint density at radius 2 is 2.00 bits per heavy atom. The van der Waals surface area contributed by atoms with E-state index in [4.69, 9.17) is 4.74 Å². The minimum absolute atomic E-state index is 0.283. The van der Waals surface area contributed by atoms with E-state index in [-0.39, 0.29) is 6.61 Å². The lowest BCUT2D eigenvalue weighted by Gasteiger charge is -2.14. The summed E-state index contributed by atoms with van der Waals surface area (Å²) in [5.74, 6) is 0.847. The quantitative estimate of drug-likeness (QED) is 0.788. The fourth-order valence-corrected chi connectivity index (χ4v) is 3.27. The molecule has 0 aliphatic heterocycles. The van der Waals surface area contributed by atoms with E-state index in [2.05, 4.69) is 17.1 Å². The van der Waals surface area contributed by atoms with E-state index >= 15 is 0 Å². The lowest BCUT2D eigenvalue weighted by Crippen LogP contribution is -2.23. The maximum absolute atomic E-state index is 10.3. The van der Waals surface area contributed by atoms with Gasteiger partial charge in [-0.3, -0.25) is 0 Å². The Balaban J connectivity index is 1.39. The second kappa shape index (κ2) is 6.05. The first-order valence-corrected chi connectivity index (χ1v) is 8.12. The average molecular weight is 308 g/mol. The lowest BCUT2D eigenvalue weighted by molar-refractivity contribution is 0.0934. The Kier molecular flexibility index (Phi) is 3.75. The van der Waals surface area contributed by atoms with Gasteiger partial charge in [-0.05, 0) is 54.7 Å². The van der Waals surface area contributed by atoms with Gasteiger partial charge in [-0.1, -0.05) is 18.2 Å². The number of ether oxygens (including phenoxy) is 1. The van der Waals surface area contributed by atoms with Crippen molar-refractivity contribution in [1.29, 1.82) is 0 Å². The molecule has 0 unspecified atom stereocenters. The molecule has 4 nitrogen and oxygen atoms in total. The number of fused-ring (bicyclic) bond motifs is 2. The van der Waals surface area contributed by atoms with Gasteiger partial charge in [-0.2, -0.15) is 0 Å². The molecule has 0 bridgehead atoms. The zero-order valence-corrected chi connectivity index (χ0v) is 13.0. The number of para-hydroxylation sites is 2. The number of aryl methyl sites for hydroxylation is 2. The van der Waals surface area contributed by atoms with E-state index in [1.807, 2.05) is 34.9 Å². The van der Waals surface area contributed by atoms with Crippen LogP contribution >= 0.6 is 0 Å². The summed E-state index contributed by atoms with van der Waals surface area (Å²) in [4.78, 5) is 4.34. The summed E-state index contributed by atoms with van der Waals surface area (Å²) in [5.41, 5.74) is 4.80. The van der Waals surface area contributed by atoms with E-state index in [1.165, 1.54) is 24.0 Å². The van der Waals surface area contributed by atoms with Gasteiger partial charge in [-0.25, -0.2) is 4.98 Å². The summed E-state index contributed by atoms with van der Waals surface area (Å²) in [6.45, 7) is 0.761. The zero-order valence-electron chi connectivity index (χ0n) is 13.0. The van der Waals surface area contributed by atoms with E-state index in [0.717, 1.165) is 23.2 Å². The number of imidazole rings is 1. The molecule has 2 aromatic carbocycles. The van der Waals surface area contributed by atoms with Crippen LogP contribution in [0.25, 0.3) is 11.0 Å². The van der Waals surface area contributed by atoms with E-state index < -0.39 is 6.10 Å². The molecular weight excluding hydrogens is 288 g/mol. The first kappa shape index (κ1) is 14.3. The number of hydrogen-bond donors (Lipinski definition) is 1. The van der Waals surface area contributed by atoms with Gasteiger partial charge in [0.15, 0.2) is 0 Å². The van der Waals surface area contributed by atoms with Crippen molar-refractivity contribution in [2.75, 3.05) is 6.61 Å². The SMILES string of the molecule is O[C@H](COc1ccc2c(c1)CCC2)Cn1cnc2ccccc21. The number of nitrogens with zero attached hydrogens (tertiary/aromatic N) is 2. The Labute approximate surface area is 135 Å². The third-order valence-electron chi connectivity index (χ3n) is 4.45. The molecule has 0 spiro atoms. The summed E-state index contributed by atoms with van der Waals surface area (Å²) in [6, 6.07) is 14.2. The third-order valence-corrected chi connectivity index (χ3v) is 4.45. The highest BCUT2D eigenvalue weighted by molar-refractivity contribution is 5.74. The second-order valence-electron chi connectivity index (χ2n) is 6.13. The molecule has 1 aromatic heterocycles. The summed E-state index contributed by atoms with van der Waals surface area (Å²) >= 11 is 0. The van der Waals surface area contributed by atoms with Crippen LogP contribution in [0.1, 0.15) is 17.5 Å². The highest BCUT2D eigenvalue weighted by atomic mass is 16.5. The molecule has 1 N–H and O–H groups in total. The molecule has 3 aromatic rings. The van der Waals surface area contributed by atoms with Crippen molar-refractivity contribution in [3.8, 4) is 5.75 Å². The molecule has 118 valence electrons. The lowest BCUT2D eigenvalue weighted by atomic mass is 10.1. The van der Waals surface area contributed by atoms with Crippen LogP contribution in [0.3, 0.4) is 0 Å². The van der Waals surface area contributed by atoms with Gasteiger partial charge in [0.1, 0.15) is 18.5 Å². The van der Waals surface area contributed by atoms with Crippen LogP contribution in [0, 0.1) is 0 Å². The van der Waals surface area contributed by atoms with Crippen LogP contribution in [-0.4, -0.2) is 27.4 Å². The largest absolute Gasteiger partial charge is 0.491 e. The molecule has 1 atom stereocenters. The van der Waals surface area contributed by atoms with Gasteiger partial charge >= 0.3 is 0 Å². The first-order chi connectivity index (χ1) is 11.3. The monoisotopic (exact) mass is 308 g/mol. The molecule has 0 saturated carbocycles. The fraction of sp³-hybridized carbons (Fsp3) is 0.316. The molecule has 1 heterocycles. The van der Waals surface area contributed by atoms with Gasteiger partial charge in [0, 0.05) is 0 Å². The van der Waals surface area contributed by atoms with Crippen molar-refractivity contribution in [3.63, 3.8) is 0 Å². The molecule has 23 heavy (non-hydrogen) atoms. The molecule has 1 aliphatic carbocycles. The highest BCUT2D eigenvalue weighted by Crippen LogP contribution is 2.26. The number of aliphatic hydroxyl groups excluding tert-OH is 1. The van der Waals surface area contributed by atoms with Gasteiger partial charge < -0.3 is 14.4 Å². The van der Waals surface area contributed by atoms with Gasteiger partial charge in [-0.15, -0.1) is 0 Å². The first-order valence-electron chi connectivity index (χ1n) is 8.12. The number of aromatic nitrogens is 2. The summed E-state index contributed by atoms with van der Waals surface area (Å²) in [6.07, 6.45) is 4.74. The highest BCUT2D eigenvalue weighted by Gasteiger charge is 2.13. The fourth-order valence-electron chi connectivity index (χ4n) is 3.27. The summed E-state index contributed by atoms with van der Waals surface area (Å²) in [7, 11) is 0. The number of aliphatic hydroxyl groups is 1. The molecule has 0 radical (unpaired) electrons. The maximum Gasteiger partial charge on any atom is 0.119 e. The smallest absolute Gasteiger partial charge is 0.119 e. The van der Waals surface area contributed by atoms with Crippen molar-refractivity contribution in [2.24, 2.45) is 0 Å². The molecular formula is C19H20N2O2. The van der Waals surface area contributed by atoms with E-state index in [9.17, 15) is 5.11 Å². The maximum atomic E-state index is 10.3. The molecule has 4 rings (SSSR count). The molecule has 0 fully saturated rings. The van der Waals surface area contributed by atoms with Crippen LogP contribution < -0.4 is 4.74 Å². The van der Waals surface area contributed by atoms with Gasteiger partial charge in [0.05, 0.1) is 23.9 Å². The second-order valence-corrected chi connectivity index (χ2v) is 6.13. The third kappa shape index (κ3) is 2.94. The predicted octanol–water partition coefficient (Wildman–Crippen LogP) is 2.96. The Morgan fingerprint density at radius 3 is 2.96 bits per heavy atom. The molecule has 4 heteroatoms. The molecule has 0 saturated heterocycles. The number of benzene rings is 2. The number of rotatable bonds is 5. The molecule has 0 amide bonds. The van der Waals surface area contributed by atoms with E-state index in [0.29, 0.717) is 6.54 Å². The van der Waals surface area contributed by atoms with Crippen LogP contribution in [0.2, 0.25) is 0 Å². The predicted molar refractivity (Wildman–Crippen MR) is 89.7 cm³/mol. The average Bonchev–Trinajstić information content (AvgIpc) is 3.20. The van der Waals surface area contributed by atoms with E-state index in [1.54, 1.807) is 6.33 Å². The zero-order chi connectivity index (χ0) is 15.6. The van der Waals surface area contributed by atoms with Crippen LogP contribution in [0.5, 0.6) is 5.75 Å². The minimum Gasteiger partial charge on any atom is -0.491 e. The van der Waals surface area contributed by atoms with Crippen molar-refractivity contribution in [1.82, 2.24) is 9.55 Å². The van der Waals surface area contributed by atoms with Gasteiger partial charge in [0.25, 0.3) is 0 Å². The minimum atomic E-state index is -0.569. The topological polar surface area (TPSA) is 47.3 Å². The Bertz CT molecular complexity index is 825. The van der Waals surface area contributed by atoms with Crippen molar-refractivity contribution < 1.29 is 9.84 Å². The van der Waals surface area contributed by atoms with Crippen LogP contribution in [0.15, 0.2) is 48.8 Å². The number of hydrogen-bond acceptors (Lipinski definition) is 3. The normalized spacial score (nSPS) is 14.8. The summed E-state index contributed by atoms with van der Waals surface area (Å²) in [5, 5.41) is 10.3. The van der Waals surface area contributed by atoms with Crippen LogP contribution in [-0.2, 0) is 19.4 Å². The van der Waals surface area contributed by atoms with Crippen molar-refractivity contribution in [3.05, 3.63) is 59.9 Å². The van der Waals surface area contributed by atoms with Crippen molar-refractivity contribution in [2.45, 2.75) is 31.9 Å². The Morgan fingerprint density at radius 1 is 1.13 bits per heavy atom. The Hall–Kier alpha value is -2.33. The van der Waals surface area contributed by atoms with Crippen molar-refractivity contribution >= 4 is 11.0 Å². The standard InChI is InChI=1S/C19H20N2O2/c22-16(11-21-13-20-18-6-1-2-7-19(18)21)12-23-17-9-8-14-4-3-5-15(14)10-17/h1-2,6-10,13,16,22H,3-5,11-12H2/t16-/m0/s1.